The highest BCUT2D eigenvalue weighted by atomic mass is 16.5. The molecule has 1 aromatic rings. The van der Waals surface area contributed by atoms with E-state index in [-0.39, 0.29) is 18.1 Å². The summed E-state index contributed by atoms with van der Waals surface area (Å²) < 4.78 is 5.31. The number of hydrogen-bond acceptors (Lipinski definition) is 4. The first-order valence-corrected chi connectivity index (χ1v) is 6.91. The predicted molar refractivity (Wildman–Crippen MR) is 76.8 cm³/mol. The number of Topliss-reactive ketones (excluding diaryl/α,β-unsaturated/α-hetero) is 1. The van der Waals surface area contributed by atoms with Gasteiger partial charge in [0.05, 0.1) is 13.2 Å². The van der Waals surface area contributed by atoms with Crippen molar-refractivity contribution >= 4 is 17.4 Å². The van der Waals surface area contributed by atoms with Gasteiger partial charge in [0, 0.05) is 37.2 Å². The third-order valence-corrected chi connectivity index (χ3v) is 3.39. The summed E-state index contributed by atoms with van der Waals surface area (Å²) >= 11 is 0. The Labute approximate surface area is 118 Å². The van der Waals surface area contributed by atoms with E-state index in [2.05, 4.69) is 4.90 Å². The van der Waals surface area contributed by atoms with Gasteiger partial charge in [-0.3, -0.25) is 9.59 Å². The van der Waals surface area contributed by atoms with Crippen LogP contribution in [0.25, 0.3) is 0 Å². The van der Waals surface area contributed by atoms with Crippen molar-refractivity contribution in [3.05, 3.63) is 29.8 Å². The molecule has 1 heterocycles. The van der Waals surface area contributed by atoms with Gasteiger partial charge in [-0.15, -0.1) is 0 Å². The number of nitrogens with zero attached hydrogens (tertiary/aromatic N) is 1. The van der Waals surface area contributed by atoms with Crippen LogP contribution in [0.4, 0.5) is 5.69 Å². The van der Waals surface area contributed by atoms with Gasteiger partial charge in [0.1, 0.15) is 0 Å². The molecule has 1 amide bonds. The molecule has 20 heavy (non-hydrogen) atoms. The topological polar surface area (TPSA) is 72.6 Å². The largest absolute Gasteiger partial charge is 0.378 e. The average molecular weight is 276 g/mol. The van der Waals surface area contributed by atoms with Crippen LogP contribution in [0.15, 0.2) is 24.3 Å². The molecule has 1 saturated heterocycles. The fourth-order valence-electron chi connectivity index (χ4n) is 2.25. The molecule has 0 saturated carbocycles. The molecule has 108 valence electrons. The lowest BCUT2D eigenvalue weighted by Gasteiger charge is -2.28. The highest BCUT2D eigenvalue weighted by Gasteiger charge is 2.12. The van der Waals surface area contributed by atoms with Gasteiger partial charge >= 0.3 is 0 Å². The third-order valence-electron chi connectivity index (χ3n) is 3.39. The molecule has 1 fully saturated rings. The van der Waals surface area contributed by atoms with E-state index in [9.17, 15) is 9.59 Å². The number of rotatable bonds is 6. The lowest BCUT2D eigenvalue weighted by molar-refractivity contribution is -0.118. The smallest absolute Gasteiger partial charge is 0.217 e. The third kappa shape index (κ3) is 4.06. The molecule has 0 unspecified atom stereocenters. The second kappa shape index (κ2) is 7.05. The van der Waals surface area contributed by atoms with Gasteiger partial charge in [-0.25, -0.2) is 0 Å². The summed E-state index contributed by atoms with van der Waals surface area (Å²) in [6, 6.07) is 7.62. The number of hydrogen-bond donors (Lipinski definition) is 1. The van der Waals surface area contributed by atoms with Crippen LogP contribution in [0.1, 0.15) is 29.6 Å². The minimum absolute atomic E-state index is 0.0553. The highest BCUT2D eigenvalue weighted by molar-refractivity contribution is 5.96. The van der Waals surface area contributed by atoms with Crippen molar-refractivity contribution < 1.29 is 14.3 Å². The second-order valence-electron chi connectivity index (χ2n) is 4.89. The van der Waals surface area contributed by atoms with Crippen molar-refractivity contribution in [1.82, 2.24) is 0 Å². The zero-order chi connectivity index (χ0) is 14.4. The van der Waals surface area contributed by atoms with E-state index < -0.39 is 0 Å². The molecule has 0 aliphatic carbocycles. The number of ketones is 1. The number of carbonyl (C=O) groups is 2. The van der Waals surface area contributed by atoms with Crippen LogP contribution in [0.5, 0.6) is 0 Å². The Kier molecular flexibility index (Phi) is 5.12. The van der Waals surface area contributed by atoms with Gasteiger partial charge in [-0.2, -0.15) is 0 Å². The second-order valence-corrected chi connectivity index (χ2v) is 4.89. The average Bonchev–Trinajstić information content (AvgIpc) is 2.48. The van der Waals surface area contributed by atoms with Crippen LogP contribution < -0.4 is 10.6 Å². The monoisotopic (exact) mass is 276 g/mol. The van der Waals surface area contributed by atoms with Crippen LogP contribution in [-0.2, 0) is 9.53 Å². The number of nitrogens with two attached hydrogens (primary N) is 1. The molecule has 2 N–H and O–H groups in total. The Morgan fingerprint density at radius 2 is 1.75 bits per heavy atom. The van der Waals surface area contributed by atoms with E-state index in [1.165, 1.54) is 0 Å². The Balaban J connectivity index is 1.90. The normalized spacial score (nSPS) is 15.1. The first-order chi connectivity index (χ1) is 9.66. The lowest BCUT2D eigenvalue weighted by atomic mass is 10.0. The van der Waals surface area contributed by atoms with E-state index in [0.717, 1.165) is 32.0 Å². The van der Waals surface area contributed by atoms with E-state index in [4.69, 9.17) is 10.5 Å². The summed E-state index contributed by atoms with van der Waals surface area (Å²) in [4.78, 5) is 24.8. The molecule has 1 aromatic carbocycles. The Bertz CT molecular complexity index is 465. The summed E-state index contributed by atoms with van der Waals surface area (Å²) in [6.45, 7) is 3.25. The molecule has 1 aliphatic heterocycles. The molecule has 5 nitrogen and oxygen atoms in total. The number of primary amides is 1. The zero-order valence-corrected chi connectivity index (χ0v) is 11.5. The number of anilines is 1. The molecule has 0 atom stereocenters. The molecule has 0 spiro atoms. The summed E-state index contributed by atoms with van der Waals surface area (Å²) in [5.74, 6) is -0.305. The quantitative estimate of drug-likeness (QED) is 0.796. The lowest BCUT2D eigenvalue weighted by Crippen LogP contribution is -2.36. The van der Waals surface area contributed by atoms with E-state index in [1.54, 1.807) is 0 Å². The van der Waals surface area contributed by atoms with E-state index in [0.29, 0.717) is 18.4 Å². The van der Waals surface area contributed by atoms with Crippen molar-refractivity contribution in [2.24, 2.45) is 5.73 Å². The zero-order valence-electron chi connectivity index (χ0n) is 11.5. The molecule has 1 aliphatic rings. The fourth-order valence-corrected chi connectivity index (χ4v) is 2.25. The minimum Gasteiger partial charge on any atom is -0.378 e. The van der Waals surface area contributed by atoms with Gasteiger partial charge in [-0.1, -0.05) is 0 Å². The van der Waals surface area contributed by atoms with Crippen LogP contribution in [-0.4, -0.2) is 38.0 Å². The van der Waals surface area contributed by atoms with Crippen LogP contribution in [0.2, 0.25) is 0 Å². The number of amides is 1. The van der Waals surface area contributed by atoms with Crippen molar-refractivity contribution in [3.8, 4) is 0 Å². The predicted octanol–water partition coefficient (Wildman–Crippen LogP) is 1.36. The maximum Gasteiger partial charge on any atom is 0.217 e. The van der Waals surface area contributed by atoms with E-state index >= 15 is 0 Å². The summed E-state index contributed by atoms with van der Waals surface area (Å²) in [7, 11) is 0. The molecule has 0 radical (unpaired) electrons. The Morgan fingerprint density at radius 1 is 1.10 bits per heavy atom. The number of benzene rings is 1. The number of ether oxygens (including phenoxy) is 1. The minimum atomic E-state index is -0.361. The number of carbonyl (C=O) groups excluding carboxylic acids is 2. The molecule has 5 heteroatoms. The van der Waals surface area contributed by atoms with Gasteiger partial charge < -0.3 is 15.4 Å². The van der Waals surface area contributed by atoms with Crippen molar-refractivity contribution in [2.75, 3.05) is 31.2 Å². The molecule has 0 aromatic heterocycles. The molecular weight excluding hydrogens is 256 g/mol. The van der Waals surface area contributed by atoms with Crippen LogP contribution in [0, 0.1) is 0 Å². The SMILES string of the molecule is NC(=O)CCCC(=O)c1ccc(N2CCOCC2)cc1. The summed E-state index contributed by atoms with van der Waals surface area (Å²) in [5.41, 5.74) is 6.85. The maximum absolute atomic E-state index is 11.9. The first kappa shape index (κ1) is 14.5. The van der Waals surface area contributed by atoms with Gasteiger partial charge in [0.15, 0.2) is 5.78 Å². The summed E-state index contributed by atoms with van der Waals surface area (Å²) in [6.07, 6.45) is 1.14. The fraction of sp³-hybridized carbons (Fsp3) is 0.467. The van der Waals surface area contributed by atoms with Gasteiger partial charge in [-0.05, 0) is 30.7 Å². The standard InChI is InChI=1S/C15H20N2O3/c16-15(19)3-1-2-14(18)12-4-6-13(7-5-12)17-8-10-20-11-9-17/h4-7H,1-3,8-11H2,(H2,16,19). The van der Waals surface area contributed by atoms with E-state index in [1.807, 2.05) is 24.3 Å². The summed E-state index contributed by atoms with van der Waals surface area (Å²) in [5, 5.41) is 0. The molecule has 0 bridgehead atoms. The maximum atomic E-state index is 11.9. The Hall–Kier alpha value is -1.88. The highest BCUT2D eigenvalue weighted by Crippen LogP contribution is 2.17. The van der Waals surface area contributed by atoms with Crippen molar-refractivity contribution in [1.29, 1.82) is 0 Å². The number of morpholine rings is 1. The van der Waals surface area contributed by atoms with Crippen LogP contribution in [0.3, 0.4) is 0 Å². The van der Waals surface area contributed by atoms with Crippen molar-refractivity contribution in [3.63, 3.8) is 0 Å². The van der Waals surface area contributed by atoms with Crippen LogP contribution >= 0.6 is 0 Å². The molecular formula is C15H20N2O3. The first-order valence-electron chi connectivity index (χ1n) is 6.91. The molecule has 2 rings (SSSR count). The van der Waals surface area contributed by atoms with Crippen molar-refractivity contribution in [2.45, 2.75) is 19.3 Å². The van der Waals surface area contributed by atoms with Gasteiger partial charge in [0.25, 0.3) is 0 Å². The van der Waals surface area contributed by atoms with Gasteiger partial charge in [0.2, 0.25) is 5.91 Å². The Morgan fingerprint density at radius 3 is 2.35 bits per heavy atom.